The molecular formula is C19H20N2O6. The molecule has 0 aliphatic heterocycles. The van der Waals surface area contributed by atoms with Crippen LogP contribution in [-0.4, -0.2) is 35.8 Å². The standard InChI is InChI=1S/C19H20N2O6/c22-17(23)16(21-19(25)27-13-15-9-5-2-6-10-15)11-20-18(24)26-12-14-7-3-1-4-8-14/h1-10,16H,11-13H2,(H,20,24)(H,21,25)(H,22,23)/t16-/m1/s1. The van der Waals surface area contributed by atoms with Crippen LogP contribution in [0.4, 0.5) is 9.59 Å². The molecule has 0 aliphatic carbocycles. The highest BCUT2D eigenvalue weighted by Crippen LogP contribution is 2.02. The minimum Gasteiger partial charge on any atom is -0.480 e. The van der Waals surface area contributed by atoms with Gasteiger partial charge in [-0.3, -0.25) is 0 Å². The van der Waals surface area contributed by atoms with E-state index in [9.17, 15) is 14.4 Å². The molecule has 1 atom stereocenters. The summed E-state index contributed by atoms with van der Waals surface area (Å²) < 4.78 is 9.95. The number of ether oxygens (including phenoxy) is 2. The van der Waals surface area contributed by atoms with Crippen LogP contribution >= 0.6 is 0 Å². The van der Waals surface area contributed by atoms with Gasteiger partial charge in [0.2, 0.25) is 0 Å². The van der Waals surface area contributed by atoms with Gasteiger partial charge in [0.15, 0.2) is 0 Å². The molecule has 0 spiro atoms. The van der Waals surface area contributed by atoms with Crippen LogP contribution in [0.5, 0.6) is 0 Å². The summed E-state index contributed by atoms with van der Waals surface area (Å²) in [5.41, 5.74) is 1.56. The van der Waals surface area contributed by atoms with Crippen LogP contribution in [0.2, 0.25) is 0 Å². The summed E-state index contributed by atoms with van der Waals surface area (Å²) in [5.74, 6) is -1.31. The first kappa shape index (κ1) is 19.8. The fourth-order valence-electron chi connectivity index (χ4n) is 2.07. The van der Waals surface area contributed by atoms with Crippen LogP contribution in [-0.2, 0) is 27.5 Å². The molecule has 2 amide bonds. The topological polar surface area (TPSA) is 114 Å². The number of benzene rings is 2. The monoisotopic (exact) mass is 372 g/mol. The second-order valence-corrected chi connectivity index (χ2v) is 5.54. The average Bonchev–Trinajstić information content (AvgIpc) is 2.69. The Kier molecular flexibility index (Phi) is 7.65. The Balaban J connectivity index is 1.73. The number of aliphatic carboxylic acids is 1. The fourth-order valence-corrected chi connectivity index (χ4v) is 2.07. The van der Waals surface area contributed by atoms with Gasteiger partial charge >= 0.3 is 18.2 Å². The number of carbonyl (C=O) groups excluding carboxylic acids is 2. The SMILES string of the molecule is O=C(NC[C@@H](NC(=O)OCc1ccccc1)C(=O)O)OCc1ccccc1. The van der Waals surface area contributed by atoms with Crippen molar-refractivity contribution in [3.8, 4) is 0 Å². The predicted octanol–water partition coefficient (Wildman–Crippen LogP) is 2.29. The van der Waals surface area contributed by atoms with Crippen LogP contribution in [0.25, 0.3) is 0 Å². The minimum atomic E-state index is -1.35. The van der Waals surface area contributed by atoms with E-state index < -0.39 is 24.2 Å². The van der Waals surface area contributed by atoms with Crippen molar-refractivity contribution < 1.29 is 29.0 Å². The lowest BCUT2D eigenvalue weighted by Crippen LogP contribution is -2.48. The van der Waals surface area contributed by atoms with Gasteiger partial charge < -0.3 is 25.2 Å². The van der Waals surface area contributed by atoms with Gasteiger partial charge in [-0.25, -0.2) is 14.4 Å². The smallest absolute Gasteiger partial charge is 0.408 e. The quantitative estimate of drug-likeness (QED) is 0.655. The van der Waals surface area contributed by atoms with Gasteiger partial charge in [-0.05, 0) is 11.1 Å². The van der Waals surface area contributed by atoms with Gasteiger partial charge in [0.05, 0.1) is 6.54 Å². The maximum absolute atomic E-state index is 11.7. The molecule has 0 aliphatic rings. The third-order valence-corrected chi connectivity index (χ3v) is 3.47. The predicted molar refractivity (Wildman–Crippen MR) is 95.8 cm³/mol. The van der Waals surface area contributed by atoms with Crippen molar-refractivity contribution >= 4 is 18.2 Å². The molecule has 3 N–H and O–H groups in total. The molecule has 142 valence electrons. The van der Waals surface area contributed by atoms with Crippen molar-refractivity contribution in [2.45, 2.75) is 19.3 Å². The highest BCUT2D eigenvalue weighted by atomic mass is 16.6. The minimum absolute atomic E-state index is 0.00551. The molecule has 0 aromatic heterocycles. The lowest BCUT2D eigenvalue weighted by Gasteiger charge is -2.15. The number of alkyl carbamates (subject to hydrolysis) is 2. The first-order valence-corrected chi connectivity index (χ1v) is 8.19. The van der Waals surface area contributed by atoms with E-state index in [2.05, 4.69) is 10.6 Å². The Morgan fingerprint density at radius 3 is 1.78 bits per heavy atom. The van der Waals surface area contributed by atoms with Crippen molar-refractivity contribution in [1.82, 2.24) is 10.6 Å². The molecule has 0 bridgehead atoms. The van der Waals surface area contributed by atoms with Crippen molar-refractivity contribution in [3.05, 3.63) is 71.8 Å². The molecule has 8 nitrogen and oxygen atoms in total. The third-order valence-electron chi connectivity index (χ3n) is 3.47. The number of carboxylic acids is 1. The molecule has 0 saturated heterocycles. The van der Waals surface area contributed by atoms with Crippen molar-refractivity contribution in [2.75, 3.05) is 6.54 Å². The lowest BCUT2D eigenvalue weighted by atomic mass is 10.2. The second kappa shape index (κ2) is 10.4. The number of hydrogen-bond donors (Lipinski definition) is 3. The number of nitrogens with one attached hydrogen (secondary N) is 2. The normalized spacial score (nSPS) is 11.1. The summed E-state index contributed by atoms with van der Waals surface area (Å²) in [6.45, 7) is -0.286. The summed E-state index contributed by atoms with van der Waals surface area (Å²) >= 11 is 0. The Labute approximate surface area is 156 Å². The van der Waals surface area contributed by atoms with Gasteiger partial charge in [0, 0.05) is 0 Å². The van der Waals surface area contributed by atoms with Crippen LogP contribution < -0.4 is 10.6 Å². The molecule has 0 radical (unpaired) electrons. The van der Waals surface area contributed by atoms with Gasteiger partial charge in [-0.15, -0.1) is 0 Å². The molecule has 2 rings (SSSR count). The van der Waals surface area contributed by atoms with Crippen LogP contribution in [0, 0.1) is 0 Å². The van der Waals surface area contributed by atoms with Crippen molar-refractivity contribution in [2.24, 2.45) is 0 Å². The van der Waals surface area contributed by atoms with Crippen molar-refractivity contribution in [1.29, 1.82) is 0 Å². The number of carbonyl (C=O) groups is 3. The zero-order valence-corrected chi connectivity index (χ0v) is 14.5. The van der Waals surface area contributed by atoms with E-state index in [1.165, 1.54) is 0 Å². The molecular weight excluding hydrogens is 352 g/mol. The molecule has 0 saturated carbocycles. The average molecular weight is 372 g/mol. The number of carboxylic acid groups (broad SMARTS) is 1. The highest BCUT2D eigenvalue weighted by Gasteiger charge is 2.21. The van der Waals surface area contributed by atoms with Crippen LogP contribution in [0.3, 0.4) is 0 Å². The Morgan fingerprint density at radius 2 is 1.30 bits per heavy atom. The summed E-state index contributed by atoms with van der Waals surface area (Å²) in [4.78, 5) is 34.7. The summed E-state index contributed by atoms with van der Waals surface area (Å²) in [6.07, 6.45) is -1.68. The molecule has 0 unspecified atom stereocenters. The summed E-state index contributed by atoms with van der Waals surface area (Å²) in [5, 5.41) is 13.7. The maximum atomic E-state index is 11.7. The van der Waals surface area contributed by atoms with Gasteiger partial charge in [-0.1, -0.05) is 60.7 Å². The molecule has 2 aromatic rings. The zero-order chi connectivity index (χ0) is 19.5. The van der Waals surface area contributed by atoms with E-state index in [1.54, 1.807) is 36.4 Å². The number of amides is 2. The lowest BCUT2D eigenvalue weighted by molar-refractivity contribution is -0.139. The molecule has 27 heavy (non-hydrogen) atoms. The molecule has 8 heteroatoms. The van der Waals surface area contributed by atoms with E-state index in [0.717, 1.165) is 11.1 Å². The molecule has 0 heterocycles. The van der Waals surface area contributed by atoms with Gasteiger partial charge in [0.25, 0.3) is 0 Å². The fraction of sp³-hybridized carbons (Fsp3) is 0.211. The zero-order valence-electron chi connectivity index (χ0n) is 14.5. The van der Waals surface area contributed by atoms with E-state index in [0.29, 0.717) is 0 Å². The van der Waals surface area contributed by atoms with E-state index >= 15 is 0 Å². The highest BCUT2D eigenvalue weighted by molar-refractivity contribution is 5.80. The van der Waals surface area contributed by atoms with Gasteiger partial charge in [0.1, 0.15) is 19.3 Å². The molecule has 0 fully saturated rings. The Morgan fingerprint density at radius 1 is 0.815 bits per heavy atom. The Hall–Kier alpha value is -3.55. The first-order chi connectivity index (χ1) is 13.0. The Bertz CT molecular complexity index is 751. The van der Waals surface area contributed by atoms with Crippen molar-refractivity contribution in [3.63, 3.8) is 0 Å². The summed E-state index contributed by atoms with van der Waals surface area (Å²) in [7, 11) is 0. The molecule has 2 aromatic carbocycles. The number of hydrogen-bond acceptors (Lipinski definition) is 5. The van der Waals surface area contributed by atoms with Gasteiger partial charge in [-0.2, -0.15) is 0 Å². The van der Waals surface area contributed by atoms with E-state index in [1.807, 2.05) is 24.3 Å². The largest absolute Gasteiger partial charge is 0.480 e. The number of rotatable bonds is 8. The van der Waals surface area contributed by atoms with Crippen LogP contribution in [0.1, 0.15) is 11.1 Å². The maximum Gasteiger partial charge on any atom is 0.408 e. The van der Waals surface area contributed by atoms with E-state index in [4.69, 9.17) is 14.6 Å². The summed E-state index contributed by atoms with van der Waals surface area (Å²) in [6, 6.07) is 16.6. The first-order valence-electron chi connectivity index (χ1n) is 8.19. The second-order valence-electron chi connectivity index (χ2n) is 5.54. The van der Waals surface area contributed by atoms with E-state index in [-0.39, 0.29) is 19.8 Å². The third kappa shape index (κ3) is 7.47. The van der Waals surface area contributed by atoms with Crippen LogP contribution in [0.15, 0.2) is 60.7 Å².